The molecule has 1 aromatic heterocycles. The van der Waals surface area contributed by atoms with Crippen LogP contribution in [0.1, 0.15) is 33.1 Å². The Kier molecular flexibility index (Phi) is 3.55. The first-order chi connectivity index (χ1) is 8.95. The van der Waals surface area contributed by atoms with Crippen molar-refractivity contribution in [3.63, 3.8) is 0 Å². The number of nitrogens with one attached hydrogen (secondary N) is 1. The lowest BCUT2D eigenvalue weighted by Gasteiger charge is -2.28. The second kappa shape index (κ2) is 4.99. The molecule has 1 N–H and O–H groups in total. The van der Waals surface area contributed by atoms with E-state index in [1.807, 2.05) is 0 Å². The van der Waals surface area contributed by atoms with Crippen LogP contribution in [0.15, 0.2) is 6.33 Å². The first-order valence-electron chi connectivity index (χ1n) is 6.25. The third kappa shape index (κ3) is 2.59. The number of hydrogen-bond acceptors (Lipinski definition) is 6. The van der Waals surface area contributed by atoms with Gasteiger partial charge in [0.15, 0.2) is 0 Å². The monoisotopic (exact) mass is 266 g/mol. The zero-order valence-electron chi connectivity index (χ0n) is 11.3. The predicted octanol–water partition coefficient (Wildman–Crippen LogP) is 2.38. The molecule has 0 spiro atoms. The summed E-state index contributed by atoms with van der Waals surface area (Å²) in [5.41, 5.74) is -0.0980. The standard InChI is InChI=1S/C12H18N4O3/c1-12(2)6-4-5-8(12)15-10-9(16(17)18)11(19-3)14-7-13-10/h7-8H,4-6H2,1-3H3,(H,13,14,15). The van der Waals surface area contributed by atoms with Crippen LogP contribution in [-0.4, -0.2) is 28.0 Å². The van der Waals surface area contributed by atoms with Crippen LogP contribution in [0.4, 0.5) is 11.5 Å². The molecule has 1 saturated carbocycles. The summed E-state index contributed by atoms with van der Waals surface area (Å²) in [5, 5.41) is 14.3. The molecule has 0 saturated heterocycles. The minimum absolute atomic E-state index is 0.0155. The van der Waals surface area contributed by atoms with Crippen LogP contribution < -0.4 is 10.1 Å². The molecule has 2 rings (SSSR count). The summed E-state index contributed by atoms with van der Waals surface area (Å²) < 4.78 is 4.93. The van der Waals surface area contributed by atoms with Gasteiger partial charge in [0.1, 0.15) is 6.33 Å². The molecule has 19 heavy (non-hydrogen) atoms. The van der Waals surface area contributed by atoms with Gasteiger partial charge in [-0.3, -0.25) is 10.1 Å². The normalized spacial score (nSPS) is 21.1. The number of methoxy groups -OCH3 is 1. The van der Waals surface area contributed by atoms with E-state index < -0.39 is 4.92 Å². The third-order valence-corrected chi connectivity index (χ3v) is 3.73. The molecule has 1 aliphatic carbocycles. The van der Waals surface area contributed by atoms with E-state index in [1.165, 1.54) is 13.4 Å². The average molecular weight is 266 g/mol. The lowest BCUT2D eigenvalue weighted by molar-refractivity contribution is -0.385. The highest BCUT2D eigenvalue weighted by atomic mass is 16.6. The van der Waals surface area contributed by atoms with Crippen LogP contribution in [0, 0.1) is 15.5 Å². The van der Waals surface area contributed by atoms with Crippen molar-refractivity contribution >= 4 is 11.5 Å². The Morgan fingerprint density at radius 1 is 1.53 bits per heavy atom. The Bertz CT molecular complexity index is 490. The molecule has 0 radical (unpaired) electrons. The quantitative estimate of drug-likeness (QED) is 0.664. The number of nitrogens with zero attached hydrogens (tertiary/aromatic N) is 3. The molecule has 0 bridgehead atoms. The number of aromatic nitrogens is 2. The molecular weight excluding hydrogens is 248 g/mol. The van der Waals surface area contributed by atoms with Crippen molar-refractivity contribution in [2.45, 2.75) is 39.2 Å². The van der Waals surface area contributed by atoms with Gasteiger partial charge in [0, 0.05) is 6.04 Å². The molecule has 0 amide bonds. The van der Waals surface area contributed by atoms with Gasteiger partial charge in [-0.15, -0.1) is 0 Å². The first kappa shape index (κ1) is 13.5. The molecule has 1 unspecified atom stereocenters. The molecule has 0 aliphatic heterocycles. The predicted molar refractivity (Wildman–Crippen MR) is 70.3 cm³/mol. The van der Waals surface area contributed by atoms with Crippen molar-refractivity contribution in [3.8, 4) is 5.88 Å². The van der Waals surface area contributed by atoms with Crippen molar-refractivity contribution in [2.24, 2.45) is 5.41 Å². The molecule has 1 aromatic rings. The maximum atomic E-state index is 11.1. The maximum Gasteiger partial charge on any atom is 0.372 e. The van der Waals surface area contributed by atoms with Crippen LogP contribution in [0.5, 0.6) is 5.88 Å². The molecule has 7 nitrogen and oxygen atoms in total. The minimum atomic E-state index is -0.511. The number of anilines is 1. The Balaban J connectivity index is 2.32. The van der Waals surface area contributed by atoms with Gasteiger partial charge in [-0.25, -0.2) is 4.98 Å². The number of ether oxygens (including phenoxy) is 1. The molecule has 0 aromatic carbocycles. The van der Waals surface area contributed by atoms with E-state index in [-0.39, 0.29) is 28.8 Å². The fraction of sp³-hybridized carbons (Fsp3) is 0.667. The highest BCUT2D eigenvalue weighted by molar-refractivity contribution is 5.61. The van der Waals surface area contributed by atoms with E-state index in [0.29, 0.717) is 0 Å². The van der Waals surface area contributed by atoms with Crippen LogP contribution in [0.2, 0.25) is 0 Å². The van der Waals surface area contributed by atoms with Gasteiger partial charge in [-0.05, 0) is 18.3 Å². The highest BCUT2D eigenvalue weighted by Crippen LogP contribution is 2.40. The summed E-state index contributed by atoms with van der Waals surface area (Å²) in [7, 11) is 1.36. The second-order valence-electron chi connectivity index (χ2n) is 5.42. The zero-order valence-corrected chi connectivity index (χ0v) is 11.3. The van der Waals surface area contributed by atoms with Crippen molar-refractivity contribution in [2.75, 3.05) is 12.4 Å². The topological polar surface area (TPSA) is 90.2 Å². The fourth-order valence-electron chi connectivity index (χ4n) is 2.54. The highest BCUT2D eigenvalue weighted by Gasteiger charge is 2.36. The molecule has 104 valence electrons. The van der Waals surface area contributed by atoms with Crippen molar-refractivity contribution in [1.82, 2.24) is 9.97 Å². The minimum Gasteiger partial charge on any atom is -0.476 e. The molecule has 7 heteroatoms. The molecule has 1 aliphatic rings. The molecular formula is C12H18N4O3. The lowest BCUT2D eigenvalue weighted by Crippen LogP contribution is -2.31. The van der Waals surface area contributed by atoms with Gasteiger partial charge in [0.05, 0.1) is 12.0 Å². The van der Waals surface area contributed by atoms with Crippen molar-refractivity contribution in [1.29, 1.82) is 0 Å². The largest absolute Gasteiger partial charge is 0.476 e. The van der Waals surface area contributed by atoms with Gasteiger partial charge >= 0.3 is 5.69 Å². The summed E-state index contributed by atoms with van der Waals surface area (Å²) in [6.07, 6.45) is 4.47. The van der Waals surface area contributed by atoms with Crippen LogP contribution in [-0.2, 0) is 0 Å². The van der Waals surface area contributed by atoms with Gasteiger partial charge in [0.2, 0.25) is 5.82 Å². The average Bonchev–Trinajstić information content (AvgIpc) is 2.68. The van der Waals surface area contributed by atoms with Crippen LogP contribution in [0.3, 0.4) is 0 Å². The third-order valence-electron chi connectivity index (χ3n) is 3.73. The SMILES string of the molecule is COc1ncnc(NC2CCCC2(C)C)c1[N+](=O)[O-]. The summed E-state index contributed by atoms with van der Waals surface area (Å²) in [4.78, 5) is 18.4. The van der Waals surface area contributed by atoms with Gasteiger partial charge in [-0.2, -0.15) is 4.98 Å². The molecule has 1 heterocycles. The lowest BCUT2D eigenvalue weighted by atomic mass is 9.87. The van der Waals surface area contributed by atoms with Crippen LogP contribution >= 0.6 is 0 Å². The summed E-state index contributed by atoms with van der Waals surface area (Å²) in [6.45, 7) is 4.31. The summed E-state index contributed by atoms with van der Waals surface area (Å²) in [5.74, 6) is 0.218. The number of rotatable bonds is 4. The Hall–Kier alpha value is -1.92. The smallest absolute Gasteiger partial charge is 0.372 e. The van der Waals surface area contributed by atoms with E-state index in [4.69, 9.17) is 4.74 Å². The van der Waals surface area contributed by atoms with E-state index >= 15 is 0 Å². The number of hydrogen-bond donors (Lipinski definition) is 1. The summed E-state index contributed by atoms with van der Waals surface area (Å²) >= 11 is 0. The molecule has 1 atom stereocenters. The molecule has 1 fully saturated rings. The maximum absolute atomic E-state index is 11.1. The van der Waals surface area contributed by atoms with E-state index in [9.17, 15) is 10.1 Å². The van der Waals surface area contributed by atoms with Crippen molar-refractivity contribution in [3.05, 3.63) is 16.4 Å². The number of nitro groups is 1. The zero-order chi connectivity index (χ0) is 14.0. The Morgan fingerprint density at radius 2 is 2.26 bits per heavy atom. The summed E-state index contributed by atoms with van der Waals surface area (Å²) in [6, 6.07) is 0.172. The fourth-order valence-corrected chi connectivity index (χ4v) is 2.54. The van der Waals surface area contributed by atoms with Gasteiger partial charge in [0.25, 0.3) is 5.88 Å². The van der Waals surface area contributed by atoms with E-state index in [2.05, 4.69) is 29.1 Å². The van der Waals surface area contributed by atoms with Crippen molar-refractivity contribution < 1.29 is 9.66 Å². The van der Waals surface area contributed by atoms with Gasteiger partial charge < -0.3 is 10.1 Å². The van der Waals surface area contributed by atoms with E-state index in [1.54, 1.807) is 0 Å². The Morgan fingerprint density at radius 3 is 2.79 bits per heavy atom. The van der Waals surface area contributed by atoms with E-state index in [0.717, 1.165) is 19.3 Å². The second-order valence-corrected chi connectivity index (χ2v) is 5.42. The Labute approximate surface area is 111 Å². The first-order valence-corrected chi connectivity index (χ1v) is 6.25. The van der Waals surface area contributed by atoms with Gasteiger partial charge in [-0.1, -0.05) is 20.3 Å². The van der Waals surface area contributed by atoms with Crippen LogP contribution in [0.25, 0.3) is 0 Å².